The Balaban J connectivity index is 2.05. The van der Waals surface area contributed by atoms with Crippen molar-refractivity contribution >= 4 is 49.8 Å². The molecule has 3 aromatic rings. The second kappa shape index (κ2) is 5.46. The maximum atomic E-state index is 12.5. The van der Waals surface area contributed by atoms with Gasteiger partial charge in [0, 0.05) is 34.2 Å². The number of carbonyl (C=O) groups excluding carboxylic acids is 2. The van der Waals surface area contributed by atoms with Crippen LogP contribution in [0.25, 0.3) is 22.0 Å². The largest absolute Gasteiger partial charge is 0.350 e. The number of nitrogens with one attached hydrogen (secondary N) is 1. The minimum atomic E-state index is -0.360. The van der Waals surface area contributed by atoms with Gasteiger partial charge in [-0.15, -0.1) is 0 Å². The average Bonchev–Trinajstić information content (AvgIpc) is 3.04. The van der Waals surface area contributed by atoms with Crippen molar-refractivity contribution in [3.8, 4) is 0 Å². The third-order valence-corrected chi connectivity index (χ3v) is 4.70. The molecule has 0 bridgehead atoms. The van der Waals surface area contributed by atoms with Crippen LogP contribution in [0.2, 0.25) is 0 Å². The summed E-state index contributed by atoms with van der Waals surface area (Å²) in [5.74, 6) is -0.715. The summed E-state index contributed by atoms with van der Waals surface area (Å²) in [6, 6.07) is 15.3. The first-order valence-corrected chi connectivity index (χ1v) is 8.26. The molecule has 24 heavy (non-hydrogen) atoms. The standard InChI is InChI=1S/C19H13BrN2O2/c1-22-10-14(13-7-2-3-8-15(13)22)17-16(18(23)21-19(17)24)11-5-4-6-12(20)9-11/h2-10H,1H3,(H,21,23,24). The summed E-state index contributed by atoms with van der Waals surface area (Å²) < 4.78 is 2.82. The number of benzene rings is 2. The summed E-state index contributed by atoms with van der Waals surface area (Å²) in [6.45, 7) is 0. The molecule has 2 amide bonds. The molecule has 0 spiro atoms. The number of hydrogen-bond donors (Lipinski definition) is 1. The lowest BCUT2D eigenvalue weighted by Gasteiger charge is -2.04. The summed E-state index contributed by atoms with van der Waals surface area (Å²) in [7, 11) is 1.93. The fraction of sp³-hybridized carbons (Fsp3) is 0.0526. The highest BCUT2D eigenvalue weighted by Crippen LogP contribution is 2.36. The van der Waals surface area contributed by atoms with Gasteiger partial charge in [0.2, 0.25) is 0 Å². The van der Waals surface area contributed by atoms with Gasteiger partial charge in [-0.25, -0.2) is 0 Å². The van der Waals surface area contributed by atoms with E-state index < -0.39 is 0 Å². The van der Waals surface area contributed by atoms with Crippen molar-refractivity contribution in [2.75, 3.05) is 0 Å². The Morgan fingerprint density at radius 1 is 0.958 bits per heavy atom. The maximum Gasteiger partial charge on any atom is 0.259 e. The first-order valence-electron chi connectivity index (χ1n) is 7.46. The van der Waals surface area contributed by atoms with Crippen molar-refractivity contribution in [2.24, 2.45) is 7.05 Å². The third-order valence-electron chi connectivity index (χ3n) is 4.21. The molecule has 2 aromatic carbocycles. The van der Waals surface area contributed by atoms with E-state index in [0.29, 0.717) is 11.1 Å². The first kappa shape index (κ1) is 14.9. The molecule has 1 aliphatic rings. The minimum Gasteiger partial charge on any atom is -0.350 e. The zero-order valence-electron chi connectivity index (χ0n) is 12.8. The molecule has 1 aromatic heterocycles. The smallest absolute Gasteiger partial charge is 0.259 e. The van der Waals surface area contributed by atoms with Gasteiger partial charge in [0.25, 0.3) is 11.8 Å². The Bertz CT molecular complexity index is 1050. The molecular weight excluding hydrogens is 368 g/mol. The van der Waals surface area contributed by atoms with Gasteiger partial charge in [-0.2, -0.15) is 0 Å². The summed E-state index contributed by atoms with van der Waals surface area (Å²) >= 11 is 3.42. The number of imide groups is 1. The Hall–Kier alpha value is -2.66. The van der Waals surface area contributed by atoms with Crippen LogP contribution in [0, 0.1) is 0 Å². The Kier molecular flexibility index (Phi) is 3.39. The SMILES string of the molecule is Cn1cc(C2=C(c3cccc(Br)c3)C(=O)NC2=O)c2ccccc21. The van der Waals surface area contributed by atoms with Gasteiger partial charge in [0.05, 0.1) is 11.1 Å². The van der Waals surface area contributed by atoms with Crippen LogP contribution >= 0.6 is 15.9 Å². The molecule has 0 unspecified atom stereocenters. The number of aryl methyl sites for hydroxylation is 1. The molecule has 1 aliphatic heterocycles. The Labute approximate surface area is 146 Å². The molecule has 4 rings (SSSR count). The lowest BCUT2D eigenvalue weighted by atomic mass is 9.96. The molecule has 0 aliphatic carbocycles. The van der Waals surface area contributed by atoms with Crippen LogP contribution in [0.1, 0.15) is 11.1 Å². The molecular formula is C19H13BrN2O2. The molecule has 2 heterocycles. The predicted octanol–water partition coefficient (Wildman–Crippen LogP) is 3.51. The first-order chi connectivity index (χ1) is 11.6. The van der Waals surface area contributed by atoms with Gasteiger partial charge in [-0.1, -0.05) is 46.3 Å². The van der Waals surface area contributed by atoms with Crippen molar-refractivity contribution < 1.29 is 9.59 Å². The van der Waals surface area contributed by atoms with Crippen molar-refractivity contribution in [3.05, 3.63) is 70.3 Å². The van der Waals surface area contributed by atoms with E-state index in [0.717, 1.165) is 26.5 Å². The van der Waals surface area contributed by atoms with Crippen LogP contribution in [0.15, 0.2) is 59.2 Å². The van der Waals surface area contributed by atoms with E-state index >= 15 is 0 Å². The lowest BCUT2D eigenvalue weighted by molar-refractivity contribution is -0.122. The summed E-state index contributed by atoms with van der Waals surface area (Å²) in [6.07, 6.45) is 1.90. The zero-order valence-corrected chi connectivity index (χ0v) is 14.4. The molecule has 0 saturated heterocycles. The number of halogens is 1. The molecule has 0 fully saturated rings. The molecule has 1 N–H and O–H groups in total. The molecule has 4 nitrogen and oxygen atoms in total. The van der Waals surface area contributed by atoms with Gasteiger partial charge in [0.15, 0.2) is 0 Å². The van der Waals surface area contributed by atoms with Gasteiger partial charge in [0.1, 0.15) is 0 Å². The number of aromatic nitrogens is 1. The third kappa shape index (κ3) is 2.20. The number of rotatable bonds is 2. The summed E-state index contributed by atoms with van der Waals surface area (Å²) in [5, 5.41) is 3.38. The lowest BCUT2D eigenvalue weighted by Crippen LogP contribution is -2.22. The maximum absolute atomic E-state index is 12.5. The fourth-order valence-corrected chi connectivity index (χ4v) is 3.57. The second-order valence-corrected chi connectivity index (χ2v) is 6.63. The Morgan fingerprint density at radius 2 is 1.71 bits per heavy atom. The van der Waals surface area contributed by atoms with Crippen molar-refractivity contribution in [1.82, 2.24) is 9.88 Å². The van der Waals surface area contributed by atoms with Gasteiger partial charge >= 0.3 is 0 Å². The highest BCUT2D eigenvalue weighted by Gasteiger charge is 2.33. The van der Waals surface area contributed by atoms with Crippen LogP contribution in [0.5, 0.6) is 0 Å². The van der Waals surface area contributed by atoms with Crippen molar-refractivity contribution in [3.63, 3.8) is 0 Å². The zero-order chi connectivity index (χ0) is 16.8. The van der Waals surface area contributed by atoms with Gasteiger partial charge in [-0.3, -0.25) is 14.9 Å². The molecule has 0 radical (unpaired) electrons. The van der Waals surface area contributed by atoms with Gasteiger partial charge < -0.3 is 4.57 Å². The number of nitrogens with zero attached hydrogens (tertiary/aromatic N) is 1. The molecule has 0 saturated carbocycles. The number of para-hydroxylation sites is 1. The van der Waals surface area contributed by atoms with E-state index in [1.165, 1.54) is 0 Å². The minimum absolute atomic E-state index is 0.355. The predicted molar refractivity (Wildman–Crippen MR) is 97.0 cm³/mol. The van der Waals surface area contributed by atoms with E-state index in [9.17, 15) is 9.59 Å². The van der Waals surface area contributed by atoms with Gasteiger partial charge in [-0.05, 0) is 23.8 Å². The highest BCUT2D eigenvalue weighted by atomic mass is 79.9. The van der Waals surface area contributed by atoms with E-state index in [1.54, 1.807) is 0 Å². The van der Waals surface area contributed by atoms with Crippen LogP contribution in [0.4, 0.5) is 0 Å². The van der Waals surface area contributed by atoms with E-state index in [-0.39, 0.29) is 11.8 Å². The molecule has 118 valence electrons. The highest BCUT2D eigenvalue weighted by molar-refractivity contribution is 9.10. The number of amides is 2. The topological polar surface area (TPSA) is 51.1 Å². The van der Waals surface area contributed by atoms with Crippen LogP contribution in [-0.4, -0.2) is 16.4 Å². The van der Waals surface area contributed by atoms with Crippen molar-refractivity contribution in [1.29, 1.82) is 0 Å². The van der Waals surface area contributed by atoms with Crippen LogP contribution < -0.4 is 5.32 Å². The Morgan fingerprint density at radius 3 is 2.50 bits per heavy atom. The summed E-state index contributed by atoms with van der Waals surface area (Å²) in [5.41, 5.74) is 3.34. The monoisotopic (exact) mass is 380 g/mol. The van der Waals surface area contributed by atoms with E-state index in [1.807, 2.05) is 66.3 Å². The summed E-state index contributed by atoms with van der Waals surface area (Å²) in [4.78, 5) is 24.9. The normalized spacial score (nSPS) is 14.6. The number of hydrogen-bond acceptors (Lipinski definition) is 2. The van der Waals surface area contributed by atoms with E-state index in [4.69, 9.17) is 0 Å². The van der Waals surface area contributed by atoms with Crippen LogP contribution in [-0.2, 0) is 16.6 Å². The quantitative estimate of drug-likeness (QED) is 0.691. The van der Waals surface area contributed by atoms with E-state index in [2.05, 4.69) is 21.2 Å². The number of carbonyl (C=O) groups is 2. The molecule has 5 heteroatoms. The van der Waals surface area contributed by atoms with Crippen LogP contribution in [0.3, 0.4) is 0 Å². The number of fused-ring (bicyclic) bond motifs is 1. The van der Waals surface area contributed by atoms with Crippen molar-refractivity contribution in [2.45, 2.75) is 0 Å². The fourth-order valence-electron chi connectivity index (χ4n) is 3.17. The molecule has 0 atom stereocenters. The average molecular weight is 381 g/mol. The second-order valence-electron chi connectivity index (χ2n) is 5.71.